The molecule has 1 aliphatic rings. The Morgan fingerprint density at radius 2 is 2.23 bits per heavy atom. The Morgan fingerprint density at radius 3 is 2.69 bits per heavy atom. The standard InChI is InChI=1S/C11H12OS/c1-9-3-4-10(13-9)5-6-11(2)7-12-8-11/h3-4H,7-8H2,1-2H3. The number of rotatable bonds is 0. The van der Waals surface area contributed by atoms with Crippen LogP contribution in [-0.2, 0) is 4.74 Å². The van der Waals surface area contributed by atoms with E-state index in [0.29, 0.717) is 0 Å². The lowest BCUT2D eigenvalue weighted by Crippen LogP contribution is -2.38. The molecular weight excluding hydrogens is 180 g/mol. The fourth-order valence-corrected chi connectivity index (χ4v) is 1.92. The lowest BCUT2D eigenvalue weighted by molar-refractivity contribution is -0.0648. The number of hydrogen-bond acceptors (Lipinski definition) is 2. The van der Waals surface area contributed by atoms with Gasteiger partial charge in [-0.3, -0.25) is 0 Å². The largest absolute Gasteiger partial charge is 0.378 e. The van der Waals surface area contributed by atoms with Gasteiger partial charge >= 0.3 is 0 Å². The van der Waals surface area contributed by atoms with Gasteiger partial charge in [-0.05, 0) is 26.0 Å². The number of thiophene rings is 1. The van der Waals surface area contributed by atoms with Crippen LogP contribution < -0.4 is 0 Å². The van der Waals surface area contributed by atoms with Crippen molar-refractivity contribution >= 4 is 11.3 Å². The van der Waals surface area contributed by atoms with Gasteiger partial charge in [-0.25, -0.2) is 0 Å². The molecule has 13 heavy (non-hydrogen) atoms. The molecule has 1 aromatic rings. The van der Waals surface area contributed by atoms with Crippen molar-refractivity contribution in [3.05, 3.63) is 21.9 Å². The van der Waals surface area contributed by atoms with Gasteiger partial charge in [0.1, 0.15) is 0 Å². The molecule has 2 heterocycles. The molecule has 0 spiro atoms. The highest BCUT2D eigenvalue weighted by Crippen LogP contribution is 2.25. The van der Waals surface area contributed by atoms with Crippen LogP contribution in [0.5, 0.6) is 0 Å². The van der Waals surface area contributed by atoms with Crippen LogP contribution in [0, 0.1) is 24.2 Å². The van der Waals surface area contributed by atoms with Crippen molar-refractivity contribution in [1.82, 2.24) is 0 Å². The zero-order valence-corrected chi connectivity index (χ0v) is 8.70. The van der Waals surface area contributed by atoms with Crippen LogP contribution >= 0.6 is 11.3 Å². The van der Waals surface area contributed by atoms with E-state index in [1.54, 1.807) is 11.3 Å². The molecule has 1 saturated heterocycles. The molecule has 0 atom stereocenters. The first-order valence-corrected chi connectivity index (χ1v) is 5.17. The van der Waals surface area contributed by atoms with Crippen molar-refractivity contribution in [2.45, 2.75) is 13.8 Å². The molecule has 1 aliphatic heterocycles. The molecular formula is C11H12OS. The Bertz CT molecular complexity index is 363. The topological polar surface area (TPSA) is 9.23 Å². The fourth-order valence-electron chi connectivity index (χ4n) is 1.19. The first-order chi connectivity index (χ1) is 6.18. The Morgan fingerprint density at radius 1 is 1.46 bits per heavy atom. The molecule has 0 unspecified atom stereocenters. The Labute approximate surface area is 82.7 Å². The molecule has 0 saturated carbocycles. The van der Waals surface area contributed by atoms with Crippen LogP contribution in [0.3, 0.4) is 0 Å². The predicted molar refractivity (Wildman–Crippen MR) is 54.9 cm³/mol. The Hall–Kier alpha value is -0.780. The molecule has 0 N–H and O–H groups in total. The van der Waals surface area contributed by atoms with Crippen molar-refractivity contribution in [3.8, 4) is 11.8 Å². The van der Waals surface area contributed by atoms with Crippen LogP contribution in [0.4, 0.5) is 0 Å². The summed E-state index contributed by atoms with van der Waals surface area (Å²) in [5.74, 6) is 6.46. The van der Waals surface area contributed by atoms with Gasteiger partial charge in [-0.1, -0.05) is 11.8 Å². The van der Waals surface area contributed by atoms with E-state index in [1.165, 1.54) is 4.88 Å². The second-order valence-electron chi connectivity index (χ2n) is 3.71. The zero-order valence-electron chi connectivity index (χ0n) is 7.89. The van der Waals surface area contributed by atoms with E-state index < -0.39 is 0 Å². The van der Waals surface area contributed by atoms with E-state index in [1.807, 2.05) is 0 Å². The van der Waals surface area contributed by atoms with E-state index in [4.69, 9.17) is 4.74 Å². The molecule has 1 fully saturated rings. The summed E-state index contributed by atoms with van der Waals surface area (Å²) in [6.45, 7) is 5.81. The second-order valence-corrected chi connectivity index (χ2v) is 5.00. The van der Waals surface area contributed by atoms with Gasteiger partial charge in [-0.2, -0.15) is 0 Å². The maximum Gasteiger partial charge on any atom is 0.0771 e. The average molecular weight is 192 g/mol. The molecule has 0 amide bonds. The lowest BCUT2D eigenvalue weighted by atomic mass is 9.90. The van der Waals surface area contributed by atoms with E-state index in [2.05, 4.69) is 37.8 Å². The summed E-state index contributed by atoms with van der Waals surface area (Å²) in [6, 6.07) is 4.18. The highest BCUT2D eigenvalue weighted by Gasteiger charge is 2.30. The Balaban J connectivity index is 2.12. The second kappa shape index (κ2) is 3.17. The molecule has 1 nitrogen and oxygen atoms in total. The fraction of sp³-hybridized carbons (Fsp3) is 0.455. The van der Waals surface area contributed by atoms with Gasteiger partial charge in [0.25, 0.3) is 0 Å². The van der Waals surface area contributed by atoms with Crippen LogP contribution in [0.1, 0.15) is 16.7 Å². The third-order valence-electron chi connectivity index (χ3n) is 2.07. The van der Waals surface area contributed by atoms with Gasteiger partial charge in [-0.15, -0.1) is 11.3 Å². The highest BCUT2D eigenvalue weighted by atomic mass is 32.1. The molecule has 0 bridgehead atoms. The summed E-state index contributed by atoms with van der Waals surface area (Å²) in [7, 11) is 0. The van der Waals surface area contributed by atoms with Gasteiger partial charge in [0.15, 0.2) is 0 Å². The third-order valence-corrected chi connectivity index (χ3v) is 2.99. The molecule has 0 radical (unpaired) electrons. The van der Waals surface area contributed by atoms with E-state index in [0.717, 1.165) is 18.1 Å². The van der Waals surface area contributed by atoms with E-state index in [9.17, 15) is 0 Å². The highest BCUT2D eigenvalue weighted by molar-refractivity contribution is 7.12. The zero-order chi connectivity index (χ0) is 9.31. The Kier molecular flexibility index (Phi) is 2.15. The maximum atomic E-state index is 5.13. The summed E-state index contributed by atoms with van der Waals surface area (Å²) in [5.41, 5.74) is 0.109. The smallest absolute Gasteiger partial charge is 0.0771 e. The van der Waals surface area contributed by atoms with Gasteiger partial charge < -0.3 is 4.74 Å². The minimum Gasteiger partial charge on any atom is -0.378 e. The first-order valence-electron chi connectivity index (χ1n) is 4.35. The summed E-state index contributed by atoms with van der Waals surface area (Å²) in [6.07, 6.45) is 0. The SMILES string of the molecule is Cc1ccc(C#CC2(C)COC2)s1. The lowest BCUT2D eigenvalue weighted by Gasteiger charge is -2.32. The van der Waals surface area contributed by atoms with E-state index >= 15 is 0 Å². The van der Waals surface area contributed by atoms with Crippen molar-refractivity contribution in [3.63, 3.8) is 0 Å². The van der Waals surface area contributed by atoms with Crippen molar-refractivity contribution < 1.29 is 4.74 Å². The minimum atomic E-state index is 0.109. The van der Waals surface area contributed by atoms with Crippen molar-refractivity contribution in [2.24, 2.45) is 5.41 Å². The van der Waals surface area contributed by atoms with Crippen LogP contribution in [0.15, 0.2) is 12.1 Å². The van der Waals surface area contributed by atoms with Gasteiger partial charge in [0, 0.05) is 4.88 Å². The number of hydrogen-bond donors (Lipinski definition) is 0. The quantitative estimate of drug-likeness (QED) is 0.574. The molecule has 0 aromatic carbocycles. The summed E-state index contributed by atoms with van der Waals surface area (Å²) in [5, 5.41) is 0. The first kappa shape index (κ1) is 8.80. The molecule has 2 rings (SSSR count). The molecule has 1 aromatic heterocycles. The third kappa shape index (κ3) is 1.93. The van der Waals surface area contributed by atoms with Crippen molar-refractivity contribution in [2.75, 3.05) is 13.2 Å². The van der Waals surface area contributed by atoms with Crippen molar-refractivity contribution in [1.29, 1.82) is 0 Å². The normalized spacial score (nSPS) is 18.6. The van der Waals surface area contributed by atoms with Crippen LogP contribution in [0.25, 0.3) is 0 Å². The number of aryl methyl sites for hydroxylation is 1. The van der Waals surface area contributed by atoms with Crippen LogP contribution in [-0.4, -0.2) is 13.2 Å². The monoisotopic (exact) mass is 192 g/mol. The summed E-state index contributed by atoms with van der Waals surface area (Å²) >= 11 is 1.75. The molecule has 0 aliphatic carbocycles. The minimum absolute atomic E-state index is 0.109. The summed E-state index contributed by atoms with van der Waals surface area (Å²) < 4.78 is 5.13. The van der Waals surface area contributed by atoms with Crippen LogP contribution in [0.2, 0.25) is 0 Å². The van der Waals surface area contributed by atoms with Gasteiger partial charge in [0.05, 0.1) is 23.5 Å². The molecule has 2 heteroatoms. The maximum absolute atomic E-state index is 5.13. The summed E-state index contributed by atoms with van der Waals surface area (Å²) in [4.78, 5) is 2.48. The van der Waals surface area contributed by atoms with Gasteiger partial charge in [0.2, 0.25) is 0 Å². The number of ether oxygens (including phenoxy) is 1. The van der Waals surface area contributed by atoms with E-state index in [-0.39, 0.29) is 5.41 Å². The average Bonchev–Trinajstić information content (AvgIpc) is 2.44. The predicted octanol–water partition coefficient (Wildman–Crippen LogP) is 2.44. The molecule has 68 valence electrons.